The van der Waals surface area contributed by atoms with Crippen LogP contribution in [0.25, 0.3) is 28.1 Å². The molecule has 36 heavy (non-hydrogen) atoms. The number of ether oxygens (including phenoxy) is 1. The van der Waals surface area contributed by atoms with Gasteiger partial charge in [-0.25, -0.2) is 9.67 Å². The van der Waals surface area contributed by atoms with E-state index in [0.29, 0.717) is 40.3 Å². The highest BCUT2D eigenvalue weighted by molar-refractivity contribution is 5.81. The summed E-state index contributed by atoms with van der Waals surface area (Å²) in [4.78, 5) is 34.9. The Bertz CT molecular complexity index is 1450. The highest BCUT2D eigenvalue weighted by atomic mass is 16.5. The van der Waals surface area contributed by atoms with Crippen LogP contribution in [-0.2, 0) is 4.79 Å². The zero-order chi connectivity index (χ0) is 25.2. The van der Waals surface area contributed by atoms with Crippen LogP contribution in [0.4, 0.5) is 5.69 Å². The standard InChI is InChI=1S/C27H30N6O3/c1-4-23(34)28-18-12-14-32(15-13-18)20-10-11-21(22(16-20)36-3)26-29-24-17(2)31-33(25(24)27(35)30-26)19-8-6-5-7-9-19/h5-11,16,18H,4,12-15H2,1-3H3,(H,28,34)(H,29,30,35). The Morgan fingerprint density at radius 2 is 1.89 bits per heavy atom. The van der Waals surface area contributed by atoms with Gasteiger partial charge in [-0.2, -0.15) is 5.10 Å². The third-order valence-corrected chi connectivity index (χ3v) is 6.69. The molecule has 186 valence electrons. The van der Waals surface area contributed by atoms with E-state index in [-0.39, 0.29) is 17.5 Å². The first kappa shape index (κ1) is 23.6. The van der Waals surface area contributed by atoms with Crippen LogP contribution < -0.4 is 20.5 Å². The number of nitrogens with one attached hydrogen (secondary N) is 2. The number of aromatic amines is 1. The predicted molar refractivity (Wildman–Crippen MR) is 140 cm³/mol. The number of carbonyl (C=O) groups is 1. The van der Waals surface area contributed by atoms with E-state index in [4.69, 9.17) is 9.72 Å². The van der Waals surface area contributed by atoms with E-state index in [1.807, 2.05) is 62.4 Å². The Morgan fingerprint density at radius 3 is 2.58 bits per heavy atom. The first-order chi connectivity index (χ1) is 17.5. The highest BCUT2D eigenvalue weighted by Crippen LogP contribution is 2.33. The molecule has 0 bridgehead atoms. The van der Waals surface area contributed by atoms with Gasteiger partial charge in [-0.3, -0.25) is 9.59 Å². The fourth-order valence-electron chi connectivity index (χ4n) is 4.73. The molecule has 4 aromatic rings. The van der Waals surface area contributed by atoms with Crippen molar-refractivity contribution in [3.8, 4) is 22.8 Å². The first-order valence-corrected chi connectivity index (χ1v) is 12.3. The summed E-state index contributed by atoms with van der Waals surface area (Å²) < 4.78 is 7.34. The highest BCUT2D eigenvalue weighted by Gasteiger charge is 2.22. The molecule has 1 aliphatic heterocycles. The molecule has 2 aromatic carbocycles. The van der Waals surface area contributed by atoms with E-state index in [9.17, 15) is 9.59 Å². The number of aryl methyl sites for hydroxylation is 1. The molecule has 2 N–H and O–H groups in total. The molecular weight excluding hydrogens is 456 g/mol. The maximum Gasteiger partial charge on any atom is 0.277 e. The number of H-pyrrole nitrogens is 1. The van der Waals surface area contributed by atoms with Crippen molar-refractivity contribution >= 4 is 22.6 Å². The monoisotopic (exact) mass is 486 g/mol. The zero-order valence-corrected chi connectivity index (χ0v) is 20.7. The number of fused-ring (bicyclic) bond motifs is 1. The first-order valence-electron chi connectivity index (χ1n) is 12.3. The van der Waals surface area contributed by atoms with E-state index in [0.717, 1.165) is 37.3 Å². The Kier molecular flexibility index (Phi) is 6.45. The van der Waals surface area contributed by atoms with Gasteiger partial charge in [0.1, 0.15) is 17.1 Å². The second-order valence-corrected chi connectivity index (χ2v) is 9.01. The lowest BCUT2D eigenvalue weighted by molar-refractivity contribution is -0.121. The molecule has 1 amide bonds. The Hall–Kier alpha value is -4.14. The van der Waals surface area contributed by atoms with Gasteiger partial charge in [-0.1, -0.05) is 25.1 Å². The molecular formula is C27H30N6O3. The maximum absolute atomic E-state index is 13.2. The van der Waals surface area contributed by atoms with Crippen LogP contribution in [0.2, 0.25) is 0 Å². The lowest BCUT2D eigenvalue weighted by Crippen LogP contribution is -2.44. The number of aromatic nitrogens is 4. The molecule has 0 spiro atoms. The number of rotatable bonds is 6. The van der Waals surface area contributed by atoms with Crippen molar-refractivity contribution in [1.29, 1.82) is 0 Å². The smallest absolute Gasteiger partial charge is 0.277 e. The molecule has 9 nitrogen and oxygen atoms in total. The quantitative estimate of drug-likeness (QED) is 0.432. The van der Waals surface area contributed by atoms with Crippen LogP contribution in [0.15, 0.2) is 53.3 Å². The van der Waals surface area contributed by atoms with Gasteiger partial charge >= 0.3 is 0 Å². The van der Waals surface area contributed by atoms with Crippen LogP contribution in [-0.4, -0.2) is 51.9 Å². The Balaban J connectivity index is 1.44. The number of nitrogens with zero attached hydrogens (tertiary/aromatic N) is 4. The molecule has 2 aromatic heterocycles. The lowest BCUT2D eigenvalue weighted by Gasteiger charge is -2.34. The molecule has 1 saturated heterocycles. The van der Waals surface area contributed by atoms with Crippen molar-refractivity contribution in [3.63, 3.8) is 0 Å². The molecule has 0 unspecified atom stereocenters. The van der Waals surface area contributed by atoms with Gasteiger partial charge in [-0.15, -0.1) is 0 Å². The summed E-state index contributed by atoms with van der Waals surface area (Å²) in [5, 5.41) is 7.66. The number of benzene rings is 2. The van der Waals surface area contributed by atoms with E-state index in [1.165, 1.54) is 0 Å². The van der Waals surface area contributed by atoms with E-state index < -0.39 is 0 Å². The van der Waals surface area contributed by atoms with Gasteiger partial charge in [0.15, 0.2) is 5.52 Å². The van der Waals surface area contributed by atoms with Crippen LogP contribution >= 0.6 is 0 Å². The summed E-state index contributed by atoms with van der Waals surface area (Å²) in [5.41, 5.74) is 3.92. The van der Waals surface area contributed by atoms with E-state index in [2.05, 4.69) is 20.3 Å². The van der Waals surface area contributed by atoms with Gasteiger partial charge in [0.05, 0.1) is 24.1 Å². The molecule has 0 saturated carbocycles. The molecule has 1 aliphatic rings. The maximum atomic E-state index is 13.2. The Morgan fingerprint density at radius 1 is 1.14 bits per heavy atom. The summed E-state index contributed by atoms with van der Waals surface area (Å²) in [7, 11) is 1.62. The van der Waals surface area contributed by atoms with Gasteiger partial charge in [-0.05, 0) is 44.0 Å². The third-order valence-electron chi connectivity index (χ3n) is 6.69. The number of hydrogen-bond donors (Lipinski definition) is 2. The van der Waals surface area contributed by atoms with Crippen molar-refractivity contribution in [2.75, 3.05) is 25.1 Å². The fourth-order valence-corrected chi connectivity index (χ4v) is 4.73. The molecule has 0 aliphatic carbocycles. The van der Waals surface area contributed by atoms with Crippen molar-refractivity contribution in [2.24, 2.45) is 0 Å². The topological polar surface area (TPSA) is 105 Å². The molecule has 0 atom stereocenters. The van der Waals surface area contributed by atoms with E-state index in [1.54, 1.807) is 11.8 Å². The second kappa shape index (κ2) is 9.85. The van der Waals surface area contributed by atoms with E-state index >= 15 is 0 Å². The number of amides is 1. The van der Waals surface area contributed by atoms with Crippen molar-refractivity contribution in [2.45, 2.75) is 39.2 Å². The summed E-state index contributed by atoms with van der Waals surface area (Å²) in [6.07, 6.45) is 2.30. The SMILES string of the molecule is CCC(=O)NC1CCN(c2ccc(-c3nc4c(C)nn(-c5ccccc5)c4c(=O)[nH]3)c(OC)c2)CC1. The number of methoxy groups -OCH3 is 1. The molecule has 1 fully saturated rings. The number of carbonyl (C=O) groups excluding carboxylic acids is 1. The van der Waals surface area contributed by atoms with Crippen LogP contribution in [0.3, 0.4) is 0 Å². The lowest BCUT2D eigenvalue weighted by atomic mass is 10.0. The number of para-hydroxylation sites is 1. The zero-order valence-electron chi connectivity index (χ0n) is 20.7. The van der Waals surface area contributed by atoms with Crippen molar-refractivity contribution < 1.29 is 9.53 Å². The van der Waals surface area contributed by atoms with Gasteiger partial charge in [0, 0.05) is 37.3 Å². The van der Waals surface area contributed by atoms with Crippen LogP contribution in [0.1, 0.15) is 31.9 Å². The summed E-state index contributed by atoms with van der Waals surface area (Å²) in [5.74, 6) is 1.17. The Labute approximate surface area is 209 Å². The average Bonchev–Trinajstić information content (AvgIpc) is 3.26. The molecule has 5 rings (SSSR count). The van der Waals surface area contributed by atoms with Gasteiger partial charge in [0.25, 0.3) is 5.56 Å². The van der Waals surface area contributed by atoms with Crippen LogP contribution in [0, 0.1) is 6.92 Å². The largest absolute Gasteiger partial charge is 0.496 e. The normalized spacial score (nSPS) is 14.2. The second-order valence-electron chi connectivity index (χ2n) is 9.01. The summed E-state index contributed by atoms with van der Waals surface area (Å²) in [6.45, 7) is 5.41. The number of hydrogen-bond acceptors (Lipinski definition) is 6. The average molecular weight is 487 g/mol. The minimum Gasteiger partial charge on any atom is -0.496 e. The minimum absolute atomic E-state index is 0.0995. The van der Waals surface area contributed by atoms with Crippen LogP contribution in [0.5, 0.6) is 5.75 Å². The van der Waals surface area contributed by atoms with Gasteiger partial charge < -0.3 is 19.9 Å². The number of anilines is 1. The van der Waals surface area contributed by atoms with Gasteiger partial charge in [0.2, 0.25) is 5.91 Å². The fraction of sp³-hybridized carbons (Fsp3) is 0.333. The summed E-state index contributed by atoms with van der Waals surface area (Å²) in [6, 6.07) is 15.7. The number of piperidine rings is 1. The van der Waals surface area contributed by atoms with Crippen molar-refractivity contribution in [1.82, 2.24) is 25.1 Å². The predicted octanol–water partition coefficient (Wildman–Crippen LogP) is 3.59. The minimum atomic E-state index is -0.262. The molecule has 0 radical (unpaired) electrons. The third kappa shape index (κ3) is 4.44. The molecule has 9 heteroatoms. The molecule has 3 heterocycles. The van der Waals surface area contributed by atoms with Crippen molar-refractivity contribution in [3.05, 3.63) is 64.6 Å². The summed E-state index contributed by atoms with van der Waals surface area (Å²) >= 11 is 0.